The molecule has 1 fully saturated rings. The minimum Gasteiger partial charge on any atom is -0.497 e. The van der Waals surface area contributed by atoms with Gasteiger partial charge in [-0.1, -0.05) is 11.3 Å². The van der Waals surface area contributed by atoms with Crippen molar-refractivity contribution in [1.29, 1.82) is 0 Å². The Morgan fingerprint density at radius 3 is 2.89 bits per heavy atom. The standard InChI is InChI=1S/C19H19N3O3S2/c1-25-14-6-4-13(5-7-14)20-17(23)12-3-2-9-22(11-12)19-21-15-8-10-26-16(15)18(24)27-19/h4-8,10,12H,2-3,9,11H2,1H3,(H,20,23). The summed E-state index contributed by atoms with van der Waals surface area (Å²) in [6.45, 7) is 1.38. The Balaban J connectivity index is 1.47. The predicted molar refractivity (Wildman–Crippen MR) is 110 cm³/mol. The van der Waals surface area contributed by atoms with Gasteiger partial charge >= 0.3 is 0 Å². The van der Waals surface area contributed by atoms with E-state index < -0.39 is 0 Å². The fraction of sp³-hybridized carbons (Fsp3) is 0.316. The van der Waals surface area contributed by atoms with Crippen molar-refractivity contribution in [1.82, 2.24) is 4.98 Å². The molecular weight excluding hydrogens is 382 g/mol. The molecule has 1 N–H and O–H groups in total. The second-order valence-electron chi connectivity index (χ2n) is 6.42. The fourth-order valence-corrected chi connectivity index (χ4v) is 4.95. The van der Waals surface area contributed by atoms with Gasteiger partial charge in [-0.25, -0.2) is 4.98 Å². The molecule has 1 aliphatic heterocycles. The normalized spacial score (nSPS) is 17.1. The van der Waals surface area contributed by atoms with Crippen LogP contribution in [0.1, 0.15) is 12.8 Å². The number of hydrogen-bond donors (Lipinski definition) is 1. The molecule has 2 aromatic heterocycles. The van der Waals surface area contributed by atoms with Crippen LogP contribution in [0.25, 0.3) is 10.2 Å². The van der Waals surface area contributed by atoms with Crippen molar-refractivity contribution in [3.63, 3.8) is 0 Å². The van der Waals surface area contributed by atoms with Crippen LogP contribution >= 0.6 is 22.7 Å². The lowest BCUT2D eigenvalue weighted by atomic mass is 9.97. The number of fused-ring (bicyclic) bond motifs is 1. The Kier molecular flexibility index (Phi) is 5.09. The summed E-state index contributed by atoms with van der Waals surface area (Å²) in [5.41, 5.74) is 1.49. The van der Waals surface area contributed by atoms with Gasteiger partial charge in [0.15, 0.2) is 5.13 Å². The van der Waals surface area contributed by atoms with Crippen LogP contribution in [0.3, 0.4) is 0 Å². The first-order valence-electron chi connectivity index (χ1n) is 8.72. The third-order valence-corrected chi connectivity index (χ3v) is 6.60. The molecule has 4 rings (SSSR count). The van der Waals surface area contributed by atoms with E-state index >= 15 is 0 Å². The molecule has 0 spiro atoms. The molecule has 1 atom stereocenters. The molecule has 1 saturated heterocycles. The zero-order chi connectivity index (χ0) is 18.8. The van der Waals surface area contributed by atoms with Crippen LogP contribution in [0.4, 0.5) is 10.8 Å². The van der Waals surface area contributed by atoms with Gasteiger partial charge < -0.3 is 15.0 Å². The maximum absolute atomic E-state index is 12.7. The lowest BCUT2D eigenvalue weighted by Gasteiger charge is -2.32. The Morgan fingerprint density at radius 1 is 1.30 bits per heavy atom. The lowest BCUT2D eigenvalue weighted by Crippen LogP contribution is -2.41. The van der Waals surface area contributed by atoms with Crippen LogP contribution in [0.2, 0.25) is 0 Å². The molecule has 6 nitrogen and oxygen atoms in total. The Bertz CT molecular complexity index is 1010. The van der Waals surface area contributed by atoms with Crippen LogP contribution < -0.4 is 19.7 Å². The highest BCUT2D eigenvalue weighted by atomic mass is 32.1. The van der Waals surface area contributed by atoms with Gasteiger partial charge in [0, 0.05) is 18.8 Å². The van der Waals surface area contributed by atoms with Crippen molar-refractivity contribution in [2.75, 3.05) is 30.4 Å². The second kappa shape index (κ2) is 7.66. The highest BCUT2D eigenvalue weighted by Gasteiger charge is 2.27. The molecule has 27 heavy (non-hydrogen) atoms. The maximum Gasteiger partial charge on any atom is 0.255 e. The fourth-order valence-electron chi connectivity index (χ4n) is 3.22. The summed E-state index contributed by atoms with van der Waals surface area (Å²) >= 11 is 2.59. The number of ether oxygens (including phenoxy) is 1. The minimum atomic E-state index is -0.136. The van der Waals surface area contributed by atoms with Gasteiger partial charge in [0.25, 0.3) is 4.74 Å². The van der Waals surface area contributed by atoms with Crippen molar-refractivity contribution < 1.29 is 9.53 Å². The largest absolute Gasteiger partial charge is 0.497 e. The third kappa shape index (κ3) is 3.81. The summed E-state index contributed by atoms with van der Waals surface area (Å²) in [6.07, 6.45) is 1.72. The molecule has 3 aromatic rings. The van der Waals surface area contributed by atoms with Gasteiger partial charge in [0.2, 0.25) is 5.91 Å². The van der Waals surface area contributed by atoms with Gasteiger partial charge in [0.05, 0.1) is 18.5 Å². The Morgan fingerprint density at radius 2 is 2.11 bits per heavy atom. The van der Waals surface area contributed by atoms with Crippen LogP contribution in [-0.2, 0) is 4.79 Å². The van der Waals surface area contributed by atoms with E-state index in [0.717, 1.165) is 47.7 Å². The third-order valence-electron chi connectivity index (χ3n) is 4.65. The number of thiophene rings is 1. The number of aromatic nitrogens is 1. The molecule has 1 aliphatic rings. The van der Waals surface area contributed by atoms with Crippen LogP contribution in [0, 0.1) is 5.92 Å². The summed E-state index contributed by atoms with van der Waals surface area (Å²) in [5.74, 6) is 0.610. The highest BCUT2D eigenvalue weighted by molar-refractivity contribution is 7.21. The van der Waals surface area contributed by atoms with E-state index in [9.17, 15) is 9.59 Å². The van der Waals surface area contributed by atoms with E-state index in [2.05, 4.69) is 15.2 Å². The summed E-state index contributed by atoms with van der Waals surface area (Å²) < 4.78 is 5.88. The highest BCUT2D eigenvalue weighted by Crippen LogP contribution is 2.27. The van der Waals surface area contributed by atoms with Gasteiger partial charge in [-0.05, 0) is 48.6 Å². The van der Waals surface area contributed by atoms with Crippen molar-refractivity contribution in [2.45, 2.75) is 12.8 Å². The molecule has 0 bridgehead atoms. The summed E-state index contributed by atoms with van der Waals surface area (Å²) in [5, 5.41) is 5.56. The number of carbonyl (C=O) groups excluding carboxylic acids is 1. The number of rotatable bonds is 4. The molecular formula is C19H19N3O3S2. The summed E-state index contributed by atoms with van der Waals surface area (Å²) in [6, 6.07) is 9.17. The van der Waals surface area contributed by atoms with Crippen LogP contribution in [0.15, 0.2) is 40.5 Å². The van der Waals surface area contributed by atoms with Gasteiger partial charge in [0.1, 0.15) is 10.4 Å². The quantitative estimate of drug-likeness (QED) is 0.723. The summed E-state index contributed by atoms with van der Waals surface area (Å²) in [7, 11) is 1.61. The van der Waals surface area contributed by atoms with E-state index in [-0.39, 0.29) is 16.6 Å². The molecule has 0 saturated carbocycles. The number of methoxy groups -OCH3 is 1. The monoisotopic (exact) mass is 401 g/mol. The van der Waals surface area contributed by atoms with Crippen LogP contribution in [-0.4, -0.2) is 31.1 Å². The molecule has 0 aliphatic carbocycles. The lowest BCUT2D eigenvalue weighted by molar-refractivity contribution is -0.120. The van der Waals surface area contributed by atoms with E-state index in [1.54, 1.807) is 7.11 Å². The van der Waals surface area contributed by atoms with Crippen molar-refractivity contribution in [2.24, 2.45) is 5.92 Å². The molecule has 140 valence electrons. The molecule has 3 heterocycles. The number of piperidine rings is 1. The van der Waals surface area contributed by atoms with Gasteiger partial charge in [-0.3, -0.25) is 9.59 Å². The Labute approximate surface area is 164 Å². The number of amides is 1. The number of nitrogens with one attached hydrogen (secondary N) is 1. The Hall–Kier alpha value is -2.45. The van der Waals surface area contributed by atoms with Crippen molar-refractivity contribution in [3.05, 3.63) is 45.2 Å². The van der Waals surface area contributed by atoms with Crippen LogP contribution in [0.5, 0.6) is 5.75 Å². The van der Waals surface area contributed by atoms with Crippen molar-refractivity contribution >= 4 is 49.6 Å². The first-order chi connectivity index (χ1) is 13.1. The zero-order valence-electron chi connectivity index (χ0n) is 14.8. The number of anilines is 2. The smallest absolute Gasteiger partial charge is 0.255 e. The minimum absolute atomic E-state index is 0.00572. The number of nitrogens with zero attached hydrogens (tertiary/aromatic N) is 2. The SMILES string of the molecule is COc1ccc(NC(=O)C2CCCN(c3nc4ccsc4c(=O)s3)C2)cc1. The second-order valence-corrected chi connectivity index (χ2v) is 8.28. The first kappa shape index (κ1) is 17.9. The molecule has 0 radical (unpaired) electrons. The van der Waals surface area contributed by atoms with E-state index in [4.69, 9.17) is 4.74 Å². The molecule has 8 heteroatoms. The van der Waals surface area contributed by atoms with E-state index in [1.165, 1.54) is 11.3 Å². The molecule has 1 aromatic carbocycles. The van der Waals surface area contributed by atoms with Gasteiger partial charge in [-0.2, -0.15) is 0 Å². The van der Waals surface area contributed by atoms with E-state index in [1.807, 2.05) is 35.7 Å². The molecule has 1 amide bonds. The van der Waals surface area contributed by atoms with Gasteiger partial charge in [-0.15, -0.1) is 11.3 Å². The summed E-state index contributed by atoms with van der Waals surface area (Å²) in [4.78, 5) is 31.7. The number of hydrogen-bond acceptors (Lipinski definition) is 7. The average Bonchev–Trinajstić information content (AvgIpc) is 3.18. The zero-order valence-corrected chi connectivity index (χ0v) is 16.4. The maximum atomic E-state index is 12.7. The van der Waals surface area contributed by atoms with Crippen molar-refractivity contribution in [3.8, 4) is 5.75 Å². The molecule has 1 unspecified atom stereocenters. The first-order valence-corrected chi connectivity index (χ1v) is 10.4. The topological polar surface area (TPSA) is 71.5 Å². The van der Waals surface area contributed by atoms with E-state index in [0.29, 0.717) is 16.4 Å². The number of benzene rings is 1. The predicted octanol–water partition coefficient (Wildman–Crippen LogP) is 3.58. The average molecular weight is 402 g/mol. The number of carbonyl (C=O) groups is 1.